The molecule has 250 valence electrons. The molecular formula is C32H50N6O7. The summed E-state index contributed by atoms with van der Waals surface area (Å²) in [6.45, 7) is 9.44. The zero-order chi connectivity index (χ0) is 33.8. The number of hydrogen-bond acceptors (Lipinski definition) is 7. The third-order valence-electron chi connectivity index (χ3n) is 6.80. The number of hydrogen-bond donors (Lipinski definition) is 5. The molecule has 5 N–H and O–H groups in total. The Morgan fingerprint density at radius 1 is 0.711 bits per heavy atom. The molecule has 1 saturated heterocycles. The molecule has 1 fully saturated rings. The molecule has 2 rings (SSSR count). The normalized spacial score (nSPS) is 14.0. The van der Waals surface area contributed by atoms with E-state index in [0.29, 0.717) is 32.4 Å². The summed E-state index contributed by atoms with van der Waals surface area (Å²) in [4.78, 5) is 84.4. The Balaban J connectivity index is 0.00000126. The van der Waals surface area contributed by atoms with Gasteiger partial charge in [0.1, 0.15) is 0 Å². The molecule has 0 bridgehead atoms. The van der Waals surface area contributed by atoms with Gasteiger partial charge in [0.15, 0.2) is 0 Å². The van der Waals surface area contributed by atoms with Crippen molar-refractivity contribution in [3.63, 3.8) is 0 Å². The number of unbranched alkanes of at least 4 members (excludes halogenated alkanes) is 2. The molecule has 0 spiro atoms. The van der Waals surface area contributed by atoms with E-state index in [-0.39, 0.29) is 80.4 Å². The van der Waals surface area contributed by atoms with Crippen molar-refractivity contribution in [1.82, 2.24) is 31.5 Å². The van der Waals surface area contributed by atoms with Gasteiger partial charge in [-0.25, -0.2) is 0 Å². The summed E-state index contributed by atoms with van der Waals surface area (Å²) < 4.78 is 0. The van der Waals surface area contributed by atoms with E-state index in [2.05, 4.69) is 45.6 Å². The molecule has 1 heterocycles. The zero-order valence-corrected chi connectivity index (χ0v) is 27.2. The quantitative estimate of drug-likeness (QED) is 0.125. The van der Waals surface area contributed by atoms with Gasteiger partial charge in [0.2, 0.25) is 41.4 Å². The largest absolute Gasteiger partial charge is 0.354 e. The molecule has 1 aliphatic rings. The number of nitrogens with one attached hydrogen (secondary N) is 5. The lowest BCUT2D eigenvalue weighted by atomic mass is 9.94. The first-order chi connectivity index (χ1) is 21.3. The maximum Gasteiger partial charge on any atom is 0.239 e. The second-order valence-electron chi connectivity index (χ2n) is 11.7. The number of nitrogens with zero attached hydrogens (tertiary/aromatic N) is 1. The van der Waals surface area contributed by atoms with Crippen LogP contribution in [-0.2, 0) is 33.6 Å². The number of likely N-dealkylation sites (tertiary alicyclic amines) is 1. The van der Waals surface area contributed by atoms with Gasteiger partial charge >= 0.3 is 0 Å². The topological polar surface area (TPSA) is 183 Å². The Hall–Kier alpha value is -4.29. The van der Waals surface area contributed by atoms with Crippen molar-refractivity contribution in [3.8, 4) is 0 Å². The van der Waals surface area contributed by atoms with Crippen LogP contribution in [0.5, 0.6) is 0 Å². The predicted molar refractivity (Wildman–Crippen MR) is 169 cm³/mol. The minimum atomic E-state index is -0.598. The van der Waals surface area contributed by atoms with E-state index in [0.717, 1.165) is 0 Å². The van der Waals surface area contributed by atoms with Gasteiger partial charge in [0.25, 0.3) is 0 Å². The van der Waals surface area contributed by atoms with E-state index < -0.39 is 17.7 Å². The predicted octanol–water partition coefficient (Wildman–Crippen LogP) is 0.810. The van der Waals surface area contributed by atoms with Gasteiger partial charge in [-0.3, -0.25) is 38.5 Å². The molecule has 1 aromatic rings. The monoisotopic (exact) mass is 630 g/mol. The molecule has 1 aliphatic heterocycles. The van der Waals surface area contributed by atoms with Crippen molar-refractivity contribution in [2.45, 2.75) is 66.7 Å². The second-order valence-corrected chi connectivity index (χ2v) is 11.7. The summed E-state index contributed by atoms with van der Waals surface area (Å²) in [5.41, 5.74) is 1.32. The highest BCUT2D eigenvalue weighted by Crippen LogP contribution is 2.26. The molecule has 0 aliphatic carbocycles. The summed E-state index contributed by atoms with van der Waals surface area (Å²) in [6.07, 6.45) is 2.25. The molecule has 7 amide bonds. The van der Waals surface area contributed by atoms with Crippen LogP contribution in [0.25, 0.3) is 0 Å². The van der Waals surface area contributed by atoms with Crippen LogP contribution in [0.4, 0.5) is 0 Å². The Kier molecular flexibility index (Phi) is 18.4. The summed E-state index contributed by atoms with van der Waals surface area (Å²) in [5, 5.41) is 12.1. The highest BCUT2D eigenvalue weighted by atomic mass is 16.2. The Bertz CT molecular complexity index is 1140. The van der Waals surface area contributed by atoms with Crippen molar-refractivity contribution in [2.24, 2.45) is 17.8 Å². The number of carbonyl (C=O) groups excluding carboxylic acids is 7. The van der Waals surface area contributed by atoms with Crippen molar-refractivity contribution >= 4 is 41.4 Å². The molecule has 1 atom stereocenters. The summed E-state index contributed by atoms with van der Waals surface area (Å²) in [6, 6.07) is 10.3. The zero-order valence-electron chi connectivity index (χ0n) is 27.2. The standard InChI is InChI=1S/C25H42N6O7.C7H8/c1-16(2)11-26-20(33)13-28-22(35)15-30-23(36)14-29-21(34)12-27-19(32)8-6-5-7-9-31-24(37)10-18(17(3)4)25(31)38;1-7-5-3-2-4-6-7/h16-18H,5-15H2,1-4H3,(H,26,33)(H,27,32)(H,28,35)(H,29,34)(H,30,36);2-6H,1H3. The summed E-state index contributed by atoms with van der Waals surface area (Å²) in [5.74, 6) is -2.47. The number of amides is 7. The molecule has 13 nitrogen and oxygen atoms in total. The first-order valence-corrected chi connectivity index (χ1v) is 15.5. The lowest BCUT2D eigenvalue weighted by Gasteiger charge is -2.16. The number of benzene rings is 1. The fraction of sp³-hybridized carbons (Fsp3) is 0.594. The van der Waals surface area contributed by atoms with E-state index in [1.165, 1.54) is 10.5 Å². The molecule has 1 unspecified atom stereocenters. The average Bonchev–Trinajstić information content (AvgIpc) is 3.29. The van der Waals surface area contributed by atoms with Crippen LogP contribution in [-0.4, -0.2) is 85.5 Å². The molecule has 1 aromatic carbocycles. The van der Waals surface area contributed by atoms with E-state index in [1.54, 1.807) is 0 Å². The first kappa shape index (κ1) is 38.7. The fourth-order valence-electron chi connectivity index (χ4n) is 4.10. The minimum absolute atomic E-state index is 0.118. The third kappa shape index (κ3) is 17.6. The smallest absolute Gasteiger partial charge is 0.239 e. The van der Waals surface area contributed by atoms with E-state index in [1.807, 2.05) is 45.9 Å². The second kappa shape index (κ2) is 21.4. The number of imide groups is 1. The highest BCUT2D eigenvalue weighted by molar-refractivity contribution is 6.03. The van der Waals surface area contributed by atoms with E-state index in [9.17, 15) is 33.6 Å². The van der Waals surface area contributed by atoms with E-state index >= 15 is 0 Å². The molecular weight excluding hydrogens is 580 g/mol. The number of carbonyl (C=O) groups is 7. The lowest BCUT2D eigenvalue weighted by Crippen LogP contribution is -2.45. The fourth-order valence-corrected chi connectivity index (χ4v) is 4.10. The van der Waals surface area contributed by atoms with Gasteiger partial charge in [0, 0.05) is 31.8 Å². The summed E-state index contributed by atoms with van der Waals surface area (Å²) >= 11 is 0. The third-order valence-corrected chi connectivity index (χ3v) is 6.80. The van der Waals surface area contributed by atoms with Gasteiger partial charge in [-0.05, 0) is 31.6 Å². The molecule has 13 heteroatoms. The van der Waals surface area contributed by atoms with Crippen molar-refractivity contribution in [1.29, 1.82) is 0 Å². The van der Waals surface area contributed by atoms with Crippen molar-refractivity contribution in [3.05, 3.63) is 35.9 Å². The van der Waals surface area contributed by atoms with Gasteiger partial charge in [-0.2, -0.15) is 0 Å². The highest BCUT2D eigenvalue weighted by Gasteiger charge is 2.39. The van der Waals surface area contributed by atoms with Crippen LogP contribution in [0.3, 0.4) is 0 Å². The van der Waals surface area contributed by atoms with Crippen molar-refractivity contribution in [2.75, 3.05) is 39.3 Å². The van der Waals surface area contributed by atoms with Gasteiger partial charge < -0.3 is 26.6 Å². The maximum atomic E-state index is 12.3. The van der Waals surface area contributed by atoms with Crippen LogP contribution < -0.4 is 26.6 Å². The number of rotatable bonds is 17. The number of aryl methyl sites for hydroxylation is 1. The Labute approximate surface area is 266 Å². The van der Waals surface area contributed by atoms with Gasteiger partial charge in [-0.15, -0.1) is 0 Å². The van der Waals surface area contributed by atoms with Crippen molar-refractivity contribution < 1.29 is 33.6 Å². The van der Waals surface area contributed by atoms with Crippen LogP contribution in [0.1, 0.15) is 65.4 Å². The van der Waals surface area contributed by atoms with E-state index in [4.69, 9.17) is 0 Å². The van der Waals surface area contributed by atoms with Crippen LogP contribution in [0.2, 0.25) is 0 Å². The van der Waals surface area contributed by atoms with Crippen LogP contribution >= 0.6 is 0 Å². The minimum Gasteiger partial charge on any atom is -0.354 e. The molecule has 0 saturated carbocycles. The molecule has 45 heavy (non-hydrogen) atoms. The average molecular weight is 631 g/mol. The SMILES string of the molecule is CC(C)CNC(=O)CNC(=O)CNC(=O)CNC(=O)CNC(=O)CCCCCN1C(=O)CC(C(C)C)C1=O.Cc1ccccc1. The Morgan fingerprint density at radius 2 is 1.20 bits per heavy atom. The van der Waals surface area contributed by atoms with Crippen LogP contribution in [0, 0.1) is 24.7 Å². The Morgan fingerprint density at radius 3 is 1.62 bits per heavy atom. The first-order valence-electron chi connectivity index (χ1n) is 15.5. The molecule has 0 radical (unpaired) electrons. The van der Waals surface area contributed by atoms with Crippen LogP contribution in [0.15, 0.2) is 30.3 Å². The van der Waals surface area contributed by atoms with Gasteiger partial charge in [0.05, 0.1) is 26.2 Å². The summed E-state index contributed by atoms with van der Waals surface area (Å²) in [7, 11) is 0. The van der Waals surface area contributed by atoms with Gasteiger partial charge in [-0.1, -0.05) is 70.0 Å². The lowest BCUT2D eigenvalue weighted by molar-refractivity contribution is -0.140. The molecule has 0 aromatic heterocycles. The maximum absolute atomic E-state index is 12.3.